The molecule has 0 saturated carbocycles. The molecule has 0 aliphatic heterocycles. The highest BCUT2D eigenvalue weighted by molar-refractivity contribution is 6.01. The van der Waals surface area contributed by atoms with E-state index >= 15 is 0 Å². The van der Waals surface area contributed by atoms with Crippen molar-refractivity contribution in [3.63, 3.8) is 0 Å². The topological polar surface area (TPSA) is 6.48 Å². The van der Waals surface area contributed by atoms with Gasteiger partial charge in [0.1, 0.15) is 0 Å². The zero-order valence-corrected chi connectivity index (χ0v) is 30.8. The van der Waals surface area contributed by atoms with Gasteiger partial charge in [-0.15, -0.1) is 0 Å². The number of hydrogen-bond donors (Lipinski definition) is 0. The fourth-order valence-electron chi connectivity index (χ4n) is 7.99. The average molecular weight is 715 g/mol. The van der Waals surface area contributed by atoms with Crippen molar-refractivity contribution >= 4 is 66.4 Å². The monoisotopic (exact) mass is 714 g/mol. The summed E-state index contributed by atoms with van der Waals surface area (Å²) >= 11 is 0. The third kappa shape index (κ3) is 6.34. The first-order valence-corrected chi connectivity index (χ1v) is 19.2. The van der Waals surface area contributed by atoms with Gasteiger partial charge in [0, 0.05) is 34.1 Å². The van der Waals surface area contributed by atoms with Crippen molar-refractivity contribution in [3.05, 3.63) is 231 Å². The fourth-order valence-corrected chi connectivity index (χ4v) is 7.99. The van der Waals surface area contributed by atoms with E-state index in [1.807, 2.05) is 0 Å². The van der Waals surface area contributed by atoms with E-state index in [-0.39, 0.29) is 0 Å². The minimum atomic E-state index is 1.11. The Morgan fingerprint density at radius 3 is 1.12 bits per heavy atom. The molecule has 10 aromatic carbocycles. The van der Waals surface area contributed by atoms with Gasteiger partial charge in [0.25, 0.3) is 0 Å². The Kier molecular flexibility index (Phi) is 8.55. The molecule has 0 bridgehead atoms. The Labute approximate surface area is 327 Å². The van der Waals surface area contributed by atoms with Crippen molar-refractivity contribution in [2.75, 3.05) is 9.80 Å². The van der Waals surface area contributed by atoms with Crippen LogP contribution in [-0.2, 0) is 0 Å². The van der Waals surface area contributed by atoms with Crippen LogP contribution in [-0.4, -0.2) is 0 Å². The van der Waals surface area contributed by atoms with Gasteiger partial charge < -0.3 is 9.80 Å². The molecule has 0 radical (unpaired) electrons. The molecular formula is C54H38N2. The van der Waals surface area contributed by atoms with Gasteiger partial charge >= 0.3 is 0 Å². The predicted octanol–water partition coefficient (Wildman–Crippen LogP) is 15.4. The van der Waals surface area contributed by atoms with E-state index in [0.717, 1.165) is 34.1 Å². The second-order valence-electron chi connectivity index (χ2n) is 14.2. The van der Waals surface area contributed by atoms with Crippen LogP contribution in [0.25, 0.3) is 54.6 Å². The van der Waals surface area contributed by atoms with Gasteiger partial charge in [0.2, 0.25) is 0 Å². The van der Waals surface area contributed by atoms with Crippen LogP contribution in [0.15, 0.2) is 231 Å². The lowest BCUT2D eigenvalue weighted by Gasteiger charge is -2.26. The molecule has 0 amide bonds. The summed E-state index contributed by atoms with van der Waals surface area (Å²) in [7, 11) is 0. The normalized spacial score (nSPS) is 11.2. The lowest BCUT2D eigenvalue weighted by Crippen LogP contribution is -2.09. The Balaban J connectivity index is 1.02. The zero-order chi connectivity index (χ0) is 37.3. The second-order valence-corrected chi connectivity index (χ2v) is 14.2. The number of hydrogen-bond acceptors (Lipinski definition) is 2. The molecule has 0 fully saturated rings. The van der Waals surface area contributed by atoms with Gasteiger partial charge in [-0.3, -0.25) is 0 Å². The average Bonchev–Trinajstić information content (AvgIpc) is 3.27. The smallest absolute Gasteiger partial charge is 0.0468 e. The summed E-state index contributed by atoms with van der Waals surface area (Å²) in [6.07, 6.45) is 0. The van der Waals surface area contributed by atoms with Crippen molar-refractivity contribution in [1.29, 1.82) is 0 Å². The summed E-state index contributed by atoms with van der Waals surface area (Å²) in [5, 5.41) is 7.37. The lowest BCUT2D eigenvalue weighted by molar-refractivity contribution is 1.29. The van der Waals surface area contributed by atoms with Crippen molar-refractivity contribution in [2.45, 2.75) is 0 Å². The number of para-hydroxylation sites is 2. The maximum atomic E-state index is 2.35. The summed E-state index contributed by atoms with van der Waals surface area (Å²) in [6.45, 7) is 0. The summed E-state index contributed by atoms with van der Waals surface area (Å²) < 4.78 is 0. The molecule has 0 aliphatic carbocycles. The molecule has 0 spiro atoms. The van der Waals surface area contributed by atoms with Gasteiger partial charge in [0.05, 0.1) is 0 Å². The standard InChI is InChI=1S/C54H38N2/c1-3-18-47(19-4-1)55(51-33-25-39-13-7-9-15-43(39)36-51)49-29-23-41(24-30-49)46-35-45-17-11-12-22-53(45)54(38-46)42-27-31-50(32-28-42)56(48-20-5-2-6-21-48)52-34-26-40-14-8-10-16-44(40)37-52/h1-38H. The number of benzene rings is 10. The molecule has 0 saturated heterocycles. The molecule has 2 heteroatoms. The number of rotatable bonds is 8. The molecule has 2 nitrogen and oxygen atoms in total. The molecule has 10 rings (SSSR count). The SMILES string of the molecule is c1ccc(N(c2ccc(-c3cc(-c4ccc(N(c5ccccc5)c5ccc6ccccc6c5)cc4)c4ccccc4c3)cc2)c2ccc3ccccc3c2)cc1. The van der Waals surface area contributed by atoms with Crippen LogP contribution in [0, 0.1) is 0 Å². The van der Waals surface area contributed by atoms with Crippen LogP contribution in [0.5, 0.6) is 0 Å². The van der Waals surface area contributed by atoms with E-state index in [1.54, 1.807) is 0 Å². The quantitative estimate of drug-likeness (QED) is 0.155. The minimum Gasteiger partial charge on any atom is -0.310 e. The molecule has 264 valence electrons. The van der Waals surface area contributed by atoms with E-state index in [2.05, 4.69) is 240 Å². The van der Waals surface area contributed by atoms with Crippen LogP contribution in [0.4, 0.5) is 34.1 Å². The Bertz CT molecular complexity index is 2950. The highest BCUT2D eigenvalue weighted by atomic mass is 15.1. The minimum absolute atomic E-state index is 1.11. The van der Waals surface area contributed by atoms with Crippen molar-refractivity contribution < 1.29 is 0 Å². The Morgan fingerprint density at radius 2 is 0.607 bits per heavy atom. The molecule has 10 aromatic rings. The molecule has 0 heterocycles. The maximum Gasteiger partial charge on any atom is 0.0468 e. The Morgan fingerprint density at radius 1 is 0.214 bits per heavy atom. The number of anilines is 6. The van der Waals surface area contributed by atoms with E-state index in [1.165, 1.54) is 54.6 Å². The van der Waals surface area contributed by atoms with Crippen LogP contribution in [0.1, 0.15) is 0 Å². The summed E-state index contributed by atoms with van der Waals surface area (Å²) in [5.41, 5.74) is 11.5. The van der Waals surface area contributed by atoms with Crippen LogP contribution >= 0.6 is 0 Å². The molecule has 0 aromatic heterocycles. The largest absolute Gasteiger partial charge is 0.310 e. The van der Waals surface area contributed by atoms with Gasteiger partial charge in [-0.1, -0.05) is 146 Å². The second kappa shape index (κ2) is 14.4. The van der Waals surface area contributed by atoms with Gasteiger partial charge in [0.15, 0.2) is 0 Å². The third-order valence-electron chi connectivity index (χ3n) is 10.8. The Hall–Kier alpha value is -7.42. The number of fused-ring (bicyclic) bond motifs is 3. The maximum absolute atomic E-state index is 2.35. The number of nitrogens with zero attached hydrogens (tertiary/aromatic N) is 2. The van der Waals surface area contributed by atoms with Gasteiger partial charge in [-0.05, 0) is 140 Å². The fraction of sp³-hybridized carbons (Fsp3) is 0. The van der Waals surface area contributed by atoms with E-state index in [9.17, 15) is 0 Å². The highest BCUT2D eigenvalue weighted by Crippen LogP contribution is 2.41. The molecule has 0 N–H and O–H groups in total. The summed E-state index contributed by atoms with van der Waals surface area (Å²) in [6, 6.07) is 83.1. The first-order chi connectivity index (χ1) is 27.7. The molecule has 0 aliphatic rings. The van der Waals surface area contributed by atoms with E-state index in [0.29, 0.717) is 0 Å². The van der Waals surface area contributed by atoms with Crippen molar-refractivity contribution in [3.8, 4) is 22.3 Å². The molecule has 56 heavy (non-hydrogen) atoms. The predicted molar refractivity (Wildman–Crippen MR) is 239 cm³/mol. The lowest BCUT2D eigenvalue weighted by atomic mass is 9.92. The van der Waals surface area contributed by atoms with E-state index < -0.39 is 0 Å². The molecule has 0 unspecified atom stereocenters. The van der Waals surface area contributed by atoms with Gasteiger partial charge in [-0.25, -0.2) is 0 Å². The zero-order valence-electron chi connectivity index (χ0n) is 30.8. The van der Waals surface area contributed by atoms with Crippen LogP contribution in [0.3, 0.4) is 0 Å². The summed E-state index contributed by atoms with van der Waals surface area (Å²) in [5.74, 6) is 0. The third-order valence-corrected chi connectivity index (χ3v) is 10.8. The first kappa shape index (κ1) is 33.2. The van der Waals surface area contributed by atoms with Crippen LogP contribution < -0.4 is 9.80 Å². The molecular weight excluding hydrogens is 677 g/mol. The van der Waals surface area contributed by atoms with Crippen molar-refractivity contribution in [1.82, 2.24) is 0 Å². The van der Waals surface area contributed by atoms with Gasteiger partial charge in [-0.2, -0.15) is 0 Å². The highest BCUT2D eigenvalue weighted by Gasteiger charge is 2.16. The first-order valence-electron chi connectivity index (χ1n) is 19.2. The van der Waals surface area contributed by atoms with E-state index in [4.69, 9.17) is 0 Å². The van der Waals surface area contributed by atoms with Crippen molar-refractivity contribution in [2.24, 2.45) is 0 Å². The molecule has 0 atom stereocenters. The summed E-state index contributed by atoms with van der Waals surface area (Å²) in [4.78, 5) is 4.67. The van der Waals surface area contributed by atoms with Crippen LogP contribution in [0.2, 0.25) is 0 Å².